The molecular weight excluding hydrogens is 588 g/mol. The number of ether oxygens (including phenoxy) is 2. The largest absolute Gasteiger partial charge is 0.494 e. The number of nitrogens with zero attached hydrogens (tertiary/aromatic N) is 4. The van der Waals surface area contributed by atoms with Gasteiger partial charge >= 0.3 is 0 Å². The number of hydrazine groups is 1. The maximum absolute atomic E-state index is 14.2. The molecule has 1 saturated carbocycles. The lowest BCUT2D eigenvalue weighted by atomic mass is 9.81. The van der Waals surface area contributed by atoms with Crippen molar-refractivity contribution in [2.24, 2.45) is 10.1 Å². The minimum absolute atomic E-state index is 0.0604. The van der Waals surface area contributed by atoms with E-state index < -0.39 is 11.6 Å². The van der Waals surface area contributed by atoms with Gasteiger partial charge in [0.15, 0.2) is 11.6 Å². The quantitative estimate of drug-likeness (QED) is 0.0783. The van der Waals surface area contributed by atoms with E-state index >= 15 is 0 Å². The van der Waals surface area contributed by atoms with Crippen molar-refractivity contribution in [2.75, 3.05) is 13.2 Å². The molecule has 0 unspecified atom stereocenters. The van der Waals surface area contributed by atoms with Gasteiger partial charge in [0.2, 0.25) is 5.90 Å². The summed E-state index contributed by atoms with van der Waals surface area (Å²) in [6.45, 7) is 0.619. The summed E-state index contributed by atoms with van der Waals surface area (Å²) in [6.07, 6.45) is 1.97. The van der Waals surface area contributed by atoms with Crippen LogP contribution in [0, 0.1) is 0 Å². The van der Waals surface area contributed by atoms with Gasteiger partial charge in [0.05, 0.1) is 13.2 Å². The standard InChI is InChI=1S/C30H31BrN6O4/c31-26-9-4-3-8-25(26)27-30(29(39)36-35-23-12-13-23,18-21-6-1-2-7-22(21)19-33-37-32)34-28(41-27)20-10-14-24(15-11-20)40-17-5-16-38/h1-4,6-11,14-15,23,27,35,38H,5,12-13,16-19H2,(H,36,39)/t27-,30-/m0/s1. The van der Waals surface area contributed by atoms with Crippen molar-refractivity contribution in [3.8, 4) is 5.75 Å². The van der Waals surface area contributed by atoms with Crippen LogP contribution in [0.5, 0.6) is 5.75 Å². The molecule has 3 aromatic carbocycles. The van der Waals surface area contributed by atoms with E-state index in [2.05, 4.69) is 36.8 Å². The summed E-state index contributed by atoms with van der Waals surface area (Å²) < 4.78 is 13.1. The number of halogens is 1. The first-order chi connectivity index (χ1) is 20.0. The number of rotatable bonds is 13. The number of aliphatic hydroxyl groups is 1. The molecule has 1 aliphatic carbocycles. The van der Waals surface area contributed by atoms with Gasteiger partial charge in [0, 0.05) is 46.0 Å². The Hall–Kier alpha value is -3.89. The maximum atomic E-state index is 14.2. The second kappa shape index (κ2) is 13.2. The molecule has 212 valence electrons. The van der Waals surface area contributed by atoms with Gasteiger partial charge in [0.1, 0.15) is 5.75 Å². The van der Waals surface area contributed by atoms with Gasteiger partial charge in [0.25, 0.3) is 5.91 Å². The third-order valence-corrected chi connectivity index (χ3v) is 7.79. The first-order valence-electron chi connectivity index (χ1n) is 13.5. The van der Waals surface area contributed by atoms with Crippen LogP contribution >= 0.6 is 15.9 Å². The highest BCUT2D eigenvalue weighted by molar-refractivity contribution is 9.10. The monoisotopic (exact) mass is 618 g/mol. The van der Waals surface area contributed by atoms with Gasteiger partial charge in [-0.15, -0.1) is 0 Å². The van der Waals surface area contributed by atoms with E-state index in [1.54, 1.807) is 0 Å². The Morgan fingerprint density at radius 2 is 1.85 bits per heavy atom. The van der Waals surface area contributed by atoms with Crippen molar-refractivity contribution in [1.29, 1.82) is 0 Å². The van der Waals surface area contributed by atoms with Crippen LogP contribution in [0.25, 0.3) is 10.4 Å². The summed E-state index contributed by atoms with van der Waals surface area (Å²) >= 11 is 3.66. The fraction of sp³-hybridized carbons (Fsp3) is 0.333. The normalized spacial score (nSPS) is 19.6. The van der Waals surface area contributed by atoms with Gasteiger partial charge in [-0.1, -0.05) is 63.5 Å². The lowest BCUT2D eigenvalue weighted by Crippen LogP contribution is -2.54. The van der Waals surface area contributed by atoms with E-state index in [0.717, 1.165) is 34.0 Å². The van der Waals surface area contributed by atoms with Crippen LogP contribution in [0.4, 0.5) is 0 Å². The van der Waals surface area contributed by atoms with Crippen LogP contribution in [-0.4, -0.2) is 41.7 Å². The van der Waals surface area contributed by atoms with Crippen molar-refractivity contribution in [2.45, 2.75) is 49.9 Å². The number of nitrogens with one attached hydrogen (secondary N) is 2. The number of aliphatic imine (C=N–C) groups is 1. The Bertz CT molecular complexity index is 1460. The molecule has 3 N–H and O–H groups in total. The summed E-state index contributed by atoms with van der Waals surface area (Å²) in [4.78, 5) is 22.2. The second-order valence-electron chi connectivity index (χ2n) is 10.0. The number of aliphatic hydroxyl groups excluding tert-OH is 1. The van der Waals surface area contributed by atoms with Gasteiger partial charge in [-0.05, 0) is 59.8 Å². The van der Waals surface area contributed by atoms with E-state index in [4.69, 9.17) is 25.1 Å². The molecular formula is C30H31BrN6O4. The molecule has 0 spiro atoms. The molecule has 1 fully saturated rings. The van der Waals surface area contributed by atoms with Crippen molar-refractivity contribution < 1.29 is 19.4 Å². The van der Waals surface area contributed by atoms with Crippen LogP contribution in [0.2, 0.25) is 0 Å². The van der Waals surface area contributed by atoms with E-state index in [0.29, 0.717) is 30.2 Å². The van der Waals surface area contributed by atoms with Crippen LogP contribution in [0.15, 0.2) is 87.4 Å². The molecule has 3 aromatic rings. The molecule has 11 heteroatoms. The van der Waals surface area contributed by atoms with Gasteiger partial charge in [-0.3, -0.25) is 10.2 Å². The van der Waals surface area contributed by atoms with Crippen molar-refractivity contribution in [1.82, 2.24) is 10.9 Å². The SMILES string of the molecule is [N-]=[N+]=NCc1ccccc1C[C@]1(C(=O)NNC2CC2)N=C(c2ccc(OCCCO)cc2)O[C@H]1c1ccccc1Br. The van der Waals surface area contributed by atoms with Crippen molar-refractivity contribution >= 4 is 27.7 Å². The molecule has 2 aliphatic rings. The highest BCUT2D eigenvalue weighted by Crippen LogP contribution is 2.45. The Morgan fingerprint density at radius 1 is 1.12 bits per heavy atom. The third kappa shape index (κ3) is 6.71. The number of benzene rings is 3. The van der Waals surface area contributed by atoms with Gasteiger partial charge < -0.3 is 14.6 Å². The number of azide groups is 1. The zero-order valence-corrected chi connectivity index (χ0v) is 24.0. The lowest BCUT2D eigenvalue weighted by Gasteiger charge is -2.32. The predicted octanol–water partition coefficient (Wildman–Crippen LogP) is 5.30. The van der Waals surface area contributed by atoms with E-state index in [-0.39, 0.29) is 31.5 Å². The van der Waals surface area contributed by atoms with Crippen LogP contribution < -0.4 is 15.6 Å². The van der Waals surface area contributed by atoms with E-state index in [9.17, 15) is 4.79 Å². The average molecular weight is 620 g/mol. The molecule has 1 amide bonds. The highest BCUT2D eigenvalue weighted by atomic mass is 79.9. The molecule has 0 radical (unpaired) electrons. The number of hydrogen-bond acceptors (Lipinski definition) is 7. The molecule has 0 aromatic heterocycles. The number of carbonyl (C=O) groups is 1. The highest BCUT2D eigenvalue weighted by Gasteiger charge is 2.54. The second-order valence-corrected chi connectivity index (χ2v) is 10.9. The topological polar surface area (TPSA) is 141 Å². The fourth-order valence-corrected chi connectivity index (χ4v) is 5.23. The minimum Gasteiger partial charge on any atom is -0.494 e. The summed E-state index contributed by atoms with van der Waals surface area (Å²) in [7, 11) is 0. The van der Waals surface area contributed by atoms with Crippen molar-refractivity contribution in [3.63, 3.8) is 0 Å². The molecule has 0 bridgehead atoms. The Morgan fingerprint density at radius 3 is 2.56 bits per heavy atom. The number of amides is 1. The first kappa shape index (κ1) is 28.6. The minimum atomic E-state index is -1.39. The Labute approximate surface area is 246 Å². The zero-order valence-electron chi connectivity index (χ0n) is 22.4. The van der Waals surface area contributed by atoms with Crippen LogP contribution in [0.1, 0.15) is 47.6 Å². The smallest absolute Gasteiger partial charge is 0.266 e. The predicted molar refractivity (Wildman–Crippen MR) is 158 cm³/mol. The molecule has 10 nitrogen and oxygen atoms in total. The Kier molecular flexibility index (Phi) is 9.21. The van der Waals surface area contributed by atoms with Gasteiger partial charge in [-0.2, -0.15) is 0 Å². The lowest BCUT2D eigenvalue weighted by molar-refractivity contribution is -0.130. The van der Waals surface area contributed by atoms with Crippen LogP contribution in [-0.2, 0) is 22.5 Å². The fourth-order valence-electron chi connectivity index (χ4n) is 4.73. The average Bonchev–Trinajstić information content (AvgIpc) is 3.75. The van der Waals surface area contributed by atoms with Crippen LogP contribution in [0.3, 0.4) is 0 Å². The molecule has 1 aliphatic heterocycles. The molecule has 0 saturated heterocycles. The number of hydrogen-bond donors (Lipinski definition) is 3. The van der Waals surface area contributed by atoms with Gasteiger partial charge in [-0.25, -0.2) is 10.4 Å². The summed E-state index contributed by atoms with van der Waals surface area (Å²) in [5.41, 5.74) is 16.7. The maximum Gasteiger partial charge on any atom is 0.266 e. The molecule has 41 heavy (non-hydrogen) atoms. The van der Waals surface area contributed by atoms with E-state index in [1.807, 2.05) is 72.8 Å². The molecule has 1 heterocycles. The summed E-state index contributed by atoms with van der Waals surface area (Å²) in [6, 6.07) is 22.8. The van der Waals surface area contributed by atoms with E-state index in [1.165, 1.54) is 0 Å². The number of carbonyl (C=O) groups excluding carboxylic acids is 1. The molecule has 2 atom stereocenters. The molecule has 5 rings (SSSR count). The Balaban J connectivity index is 1.58. The first-order valence-corrected chi connectivity index (χ1v) is 14.3. The third-order valence-electron chi connectivity index (χ3n) is 7.07. The summed E-state index contributed by atoms with van der Waals surface area (Å²) in [5.74, 6) is 0.678. The summed E-state index contributed by atoms with van der Waals surface area (Å²) in [5, 5.41) is 12.8. The van der Waals surface area contributed by atoms with Crippen molar-refractivity contribution in [3.05, 3.63) is 110 Å². The zero-order chi connectivity index (χ0) is 28.7.